The van der Waals surface area contributed by atoms with Crippen LogP contribution in [0.1, 0.15) is 12.0 Å². The van der Waals surface area contributed by atoms with Crippen molar-refractivity contribution in [1.29, 1.82) is 0 Å². The van der Waals surface area contributed by atoms with E-state index in [9.17, 15) is 18.3 Å². The number of likely N-dealkylation sites (N-methyl/N-ethyl adjacent to an activating group) is 1. The van der Waals surface area contributed by atoms with Gasteiger partial charge in [-0.2, -0.15) is 0 Å². The van der Waals surface area contributed by atoms with Gasteiger partial charge in [-0.25, -0.2) is 23.4 Å². The minimum atomic E-state index is -3.61. The van der Waals surface area contributed by atoms with Gasteiger partial charge in [0.2, 0.25) is 15.6 Å². The van der Waals surface area contributed by atoms with Gasteiger partial charge in [-0.05, 0) is 24.3 Å². The van der Waals surface area contributed by atoms with E-state index in [-0.39, 0.29) is 23.5 Å². The molecule has 0 aliphatic carbocycles. The average molecular weight is 447 g/mol. The second-order valence-corrected chi connectivity index (χ2v) is 9.29. The number of nitrogens with one attached hydrogen (secondary N) is 1. The predicted octanol–water partition coefficient (Wildman–Crippen LogP) is -0.198. The van der Waals surface area contributed by atoms with Crippen molar-refractivity contribution in [1.82, 2.24) is 19.9 Å². The molecule has 1 aliphatic rings. The first-order valence-corrected chi connectivity index (χ1v) is 11.5. The average Bonchev–Trinajstić information content (AvgIpc) is 2.99. The van der Waals surface area contributed by atoms with E-state index < -0.39 is 21.5 Å². The van der Waals surface area contributed by atoms with Crippen LogP contribution in [0, 0.1) is 11.8 Å². The van der Waals surface area contributed by atoms with Crippen LogP contribution in [-0.4, -0.2) is 72.6 Å². The van der Waals surface area contributed by atoms with Crippen molar-refractivity contribution in [3.8, 4) is 23.1 Å². The van der Waals surface area contributed by atoms with Gasteiger partial charge in [0.1, 0.15) is 5.52 Å². The van der Waals surface area contributed by atoms with Gasteiger partial charge in [-0.1, -0.05) is 24.0 Å². The molecule has 1 fully saturated rings. The molecule has 1 atom stereocenters. The maximum absolute atomic E-state index is 12.1. The smallest absolute Gasteiger partial charge is 0.267 e. The third-order valence-corrected chi connectivity index (χ3v) is 5.49. The molecule has 2 N–H and O–H groups in total. The number of anilines is 1. The molecule has 32 heavy (non-hydrogen) atoms. The lowest BCUT2D eigenvalue weighted by Crippen LogP contribution is -2.37. The minimum absolute atomic E-state index is 0.0149. The SMILES string of the molecule is [B]c1nc(NS(C)(=O)=O)c2nc(-c3cccc(C#C[C@]4(O)CCN(C)C4=O)c3)ccc2n1. The number of hydrogen-bond acceptors (Lipinski definition) is 7. The second-order valence-electron chi connectivity index (χ2n) is 7.54. The standard InChI is InChI=1S/C21H18BN5O4S/c1-27-11-10-21(29,19(27)28)9-8-13-4-3-5-14(12-13)15-6-7-16-17(23-15)18(25-20(22)24-16)26-32(2,30)31/h3-7,12,29H,10-11H2,1-2H3,(H,24,25,26)/t21-/m0/s1. The topological polar surface area (TPSA) is 125 Å². The molecule has 1 aromatic carbocycles. The number of likely N-dealkylation sites (tertiary alicyclic amines) is 1. The summed E-state index contributed by atoms with van der Waals surface area (Å²) >= 11 is 0. The molecule has 3 heterocycles. The first-order valence-electron chi connectivity index (χ1n) is 9.58. The predicted molar refractivity (Wildman–Crippen MR) is 121 cm³/mol. The van der Waals surface area contributed by atoms with Crippen LogP contribution in [0.5, 0.6) is 0 Å². The van der Waals surface area contributed by atoms with Crippen LogP contribution in [0.15, 0.2) is 36.4 Å². The maximum Gasteiger partial charge on any atom is 0.267 e. The molecule has 0 bridgehead atoms. The fourth-order valence-corrected chi connectivity index (χ4v) is 3.83. The number of sulfonamides is 1. The van der Waals surface area contributed by atoms with Gasteiger partial charge in [0, 0.05) is 31.1 Å². The first-order chi connectivity index (χ1) is 15.0. The lowest BCUT2D eigenvalue weighted by atomic mass is 10.0. The Morgan fingerprint density at radius 3 is 2.69 bits per heavy atom. The Morgan fingerprint density at radius 2 is 2.00 bits per heavy atom. The normalized spacial score (nSPS) is 18.5. The summed E-state index contributed by atoms with van der Waals surface area (Å²) in [6, 6.07) is 10.5. The van der Waals surface area contributed by atoms with E-state index in [1.165, 1.54) is 4.90 Å². The molecule has 4 rings (SSSR count). The van der Waals surface area contributed by atoms with E-state index in [4.69, 9.17) is 7.85 Å². The molecule has 0 spiro atoms. The molecule has 2 radical (unpaired) electrons. The lowest BCUT2D eigenvalue weighted by molar-refractivity contribution is -0.137. The molecule has 0 unspecified atom stereocenters. The van der Waals surface area contributed by atoms with Crippen molar-refractivity contribution < 1.29 is 18.3 Å². The van der Waals surface area contributed by atoms with Gasteiger partial charge in [0.05, 0.1) is 23.2 Å². The van der Waals surface area contributed by atoms with Crippen molar-refractivity contribution in [2.75, 3.05) is 24.6 Å². The summed E-state index contributed by atoms with van der Waals surface area (Å²) in [7, 11) is 3.69. The fraction of sp³-hybridized carbons (Fsp3) is 0.238. The summed E-state index contributed by atoms with van der Waals surface area (Å²) in [5, 5.41) is 10.5. The highest BCUT2D eigenvalue weighted by atomic mass is 32.2. The molecule has 0 saturated carbocycles. The van der Waals surface area contributed by atoms with Crippen molar-refractivity contribution in [3.63, 3.8) is 0 Å². The zero-order valence-corrected chi connectivity index (χ0v) is 18.1. The summed E-state index contributed by atoms with van der Waals surface area (Å²) in [6.07, 6.45) is 1.25. The van der Waals surface area contributed by atoms with Crippen LogP contribution < -0.4 is 10.4 Å². The van der Waals surface area contributed by atoms with Crippen molar-refractivity contribution >= 4 is 46.4 Å². The molecule has 9 nitrogen and oxygen atoms in total. The number of hydrogen-bond donors (Lipinski definition) is 2. The number of nitrogens with zero attached hydrogens (tertiary/aromatic N) is 4. The highest BCUT2D eigenvalue weighted by Gasteiger charge is 2.42. The van der Waals surface area contributed by atoms with Crippen LogP contribution >= 0.6 is 0 Å². The minimum Gasteiger partial charge on any atom is -0.369 e. The van der Waals surface area contributed by atoms with Crippen LogP contribution in [0.3, 0.4) is 0 Å². The number of fused-ring (bicyclic) bond motifs is 1. The Hall–Kier alpha value is -3.49. The summed E-state index contributed by atoms with van der Waals surface area (Å²) < 4.78 is 25.7. The second kappa shape index (κ2) is 7.89. The Balaban J connectivity index is 1.73. The van der Waals surface area contributed by atoms with E-state index in [1.807, 2.05) is 6.07 Å². The zero-order valence-electron chi connectivity index (χ0n) is 17.3. The maximum atomic E-state index is 12.1. The molecule has 1 saturated heterocycles. The number of rotatable bonds is 3. The molecule has 1 amide bonds. The summed E-state index contributed by atoms with van der Waals surface area (Å²) in [5.41, 5.74) is 0.671. The largest absolute Gasteiger partial charge is 0.369 e. The summed E-state index contributed by atoms with van der Waals surface area (Å²) in [5.74, 6) is 5.13. The van der Waals surface area contributed by atoms with Crippen LogP contribution in [0.25, 0.3) is 22.3 Å². The molecular weight excluding hydrogens is 429 g/mol. The van der Waals surface area contributed by atoms with E-state index >= 15 is 0 Å². The highest BCUT2D eigenvalue weighted by molar-refractivity contribution is 7.92. The molecule has 11 heteroatoms. The number of carbonyl (C=O) groups excluding carboxylic acids is 1. The van der Waals surface area contributed by atoms with Crippen LogP contribution in [0.2, 0.25) is 0 Å². The zero-order chi connectivity index (χ0) is 23.1. The highest BCUT2D eigenvalue weighted by Crippen LogP contribution is 2.25. The number of aromatic nitrogens is 3. The van der Waals surface area contributed by atoms with Gasteiger partial charge in [-0.3, -0.25) is 9.52 Å². The van der Waals surface area contributed by atoms with Gasteiger partial charge < -0.3 is 10.0 Å². The Kier molecular flexibility index (Phi) is 5.36. The number of benzene rings is 1. The van der Waals surface area contributed by atoms with E-state index in [1.54, 1.807) is 37.4 Å². The van der Waals surface area contributed by atoms with Crippen LogP contribution in [-0.2, 0) is 14.8 Å². The molecular formula is C21H18BN5O4S. The van der Waals surface area contributed by atoms with Crippen LogP contribution in [0.4, 0.5) is 5.82 Å². The molecule has 160 valence electrons. The van der Waals surface area contributed by atoms with Gasteiger partial charge in [-0.15, -0.1) is 0 Å². The fourth-order valence-electron chi connectivity index (χ4n) is 3.34. The third kappa shape index (κ3) is 4.42. The van der Waals surface area contributed by atoms with Gasteiger partial charge in [0.25, 0.3) is 5.91 Å². The molecule has 2 aromatic heterocycles. The van der Waals surface area contributed by atoms with E-state index in [0.29, 0.717) is 28.9 Å². The monoisotopic (exact) mass is 447 g/mol. The quantitative estimate of drug-likeness (QED) is 0.421. The first kappa shape index (κ1) is 21.7. The molecule has 1 aliphatic heterocycles. The third-order valence-electron chi connectivity index (χ3n) is 4.92. The lowest BCUT2D eigenvalue weighted by Gasteiger charge is -2.13. The van der Waals surface area contributed by atoms with Gasteiger partial charge in [0.15, 0.2) is 13.7 Å². The molecule has 3 aromatic rings. The number of amides is 1. The number of aliphatic hydroxyl groups is 1. The van der Waals surface area contributed by atoms with Crippen molar-refractivity contribution in [2.24, 2.45) is 0 Å². The van der Waals surface area contributed by atoms with Crippen molar-refractivity contribution in [2.45, 2.75) is 12.0 Å². The Bertz CT molecular complexity index is 1420. The summed E-state index contributed by atoms with van der Waals surface area (Å²) in [6.45, 7) is 0.446. The van der Waals surface area contributed by atoms with E-state index in [0.717, 1.165) is 6.26 Å². The Morgan fingerprint density at radius 1 is 1.22 bits per heavy atom. The Labute approximate surface area is 186 Å². The van der Waals surface area contributed by atoms with Gasteiger partial charge >= 0.3 is 0 Å². The van der Waals surface area contributed by atoms with Crippen molar-refractivity contribution in [3.05, 3.63) is 42.0 Å². The van der Waals surface area contributed by atoms with E-state index in [2.05, 4.69) is 31.5 Å². The number of carbonyl (C=O) groups is 1. The summed E-state index contributed by atoms with van der Waals surface area (Å²) in [4.78, 5) is 26.1. The number of pyridine rings is 1.